The summed E-state index contributed by atoms with van der Waals surface area (Å²) in [4.78, 5) is 0. The summed E-state index contributed by atoms with van der Waals surface area (Å²) >= 11 is 4.16. The first-order valence-corrected chi connectivity index (χ1v) is 5.97. The van der Waals surface area contributed by atoms with E-state index >= 15 is 0 Å². The van der Waals surface area contributed by atoms with Crippen LogP contribution in [0, 0.1) is 3.57 Å². The number of halogens is 1. The molecule has 0 aliphatic rings. The molecule has 0 atom stereocenters. The minimum absolute atomic E-state index is 1.05. The highest BCUT2D eigenvalue weighted by atomic mass is 127. The van der Waals surface area contributed by atoms with Gasteiger partial charge in [-0.3, -0.25) is 4.68 Å². The molecule has 0 aliphatic heterocycles. The Morgan fingerprint density at radius 3 is 3.09 bits per heavy atom. The summed E-state index contributed by atoms with van der Waals surface area (Å²) in [6, 6.07) is 0. The lowest BCUT2D eigenvalue weighted by atomic mass is 10.5. The third-order valence-electron chi connectivity index (χ3n) is 1.34. The SMILES string of the molecule is CSCCCn1cc(I)cn1. The van der Waals surface area contributed by atoms with Crippen molar-refractivity contribution in [1.29, 1.82) is 0 Å². The third-order valence-corrected chi connectivity index (χ3v) is 2.59. The largest absolute Gasteiger partial charge is 0.272 e. The van der Waals surface area contributed by atoms with Crippen molar-refractivity contribution >= 4 is 34.4 Å². The zero-order valence-electron chi connectivity index (χ0n) is 6.46. The van der Waals surface area contributed by atoms with Crippen molar-refractivity contribution in [2.75, 3.05) is 12.0 Å². The molecule has 0 saturated heterocycles. The van der Waals surface area contributed by atoms with Crippen molar-refractivity contribution < 1.29 is 0 Å². The minimum atomic E-state index is 1.05. The van der Waals surface area contributed by atoms with Crippen LogP contribution in [0.2, 0.25) is 0 Å². The summed E-state index contributed by atoms with van der Waals surface area (Å²) in [7, 11) is 0. The Labute approximate surface area is 84.9 Å². The van der Waals surface area contributed by atoms with Crippen LogP contribution in [0.4, 0.5) is 0 Å². The van der Waals surface area contributed by atoms with E-state index in [1.165, 1.54) is 15.7 Å². The van der Waals surface area contributed by atoms with Crippen molar-refractivity contribution in [3.63, 3.8) is 0 Å². The molecular weight excluding hydrogens is 271 g/mol. The van der Waals surface area contributed by atoms with Gasteiger partial charge in [0.1, 0.15) is 0 Å². The predicted octanol–water partition coefficient (Wildman–Crippen LogP) is 2.24. The Balaban J connectivity index is 2.27. The van der Waals surface area contributed by atoms with Crippen molar-refractivity contribution in [2.24, 2.45) is 0 Å². The topological polar surface area (TPSA) is 17.8 Å². The molecule has 2 nitrogen and oxygen atoms in total. The molecule has 0 aliphatic carbocycles. The molecule has 0 aromatic carbocycles. The van der Waals surface area contributed by atoms with Crippen molar-refractivity contribution in [2.45, 2.75) is 13.0 Å². The molecule has 1 aromatic rings. The standard InChI is InChI=1S/C7H11IN2S/c1-11-4-2-3-10-6-7(8)5-9-10/h5-6H,2-4H2,1H3. The van der Waals surface area contributed by atoms with Gasteiger partial charge in [-0.25, -0.2) is 0 Å². The molecule has 0 spiro atoms. The molecule has 0 unspecified atom stereocenters. The Hall–Kier alpha value is 0.290. The van der Waals surface area contributed by atoms with Gasteiger partial charge in [-0.2, -0.15) is 16.9 Å². The van der Waals surface area contributed by atoms with Gasteiger partial charge in [0, 0.05) is 12.7 Å². The maximum Gasteiger partial charge on any atom is 0.0623 e. The summed E-state index contributed by atoms with van der Waals surface area (Å²) in [5.74, 6) is 1.22. The molecule has 0 radical (unpaired) electrons. The van der Waals surface area contributed by atoms with E-state index in [0.717, 1.165) is 6.54 Å². The maximum atomic E-state index is 4.19. The maximum absolute atomic E-state index is 4.19. The highest BCUT2D eigenvalue weighted by molar-refractivity contribution is 14.1. The van der Waals surface area contributed by atoms with Gasteiger partial charge in [-0.1, -0.05) is 0 Å². The first-order chi connectivity index (χ1) is 5.33. The van der Waals surface area contributed by atoms with Gasteiger partial charge >= 0.3 is 0 Å². The monoisotopic (exact) mass is 282 g/mol. The van der Waals surface area contributed by atoms with Crippen LogP contribution in [0.1, 0.15) is 6.42 Å². The number of aromatic nitrogens is 2. The summed E-state index contributed by atoms with van der Waals surface area (Å²) in [5, 5.41) is 4.19. The second-order valence-electron chi connectivity index (χ2n) is 2.27. The van der Waals surface area contributed by atoms with Gasteiger partial charge in [-0.05, 0) is 41.0 Å². The first kappa shape index (κ1) is 9.38. The van der Waals surface area contributed by atoms with Crippen molar-refractivity contribution in [3.8, 4) is 0 Å². The van der Waals surface area contributed by atoms with E-state index in [9.17, 15) is 0 Å². The zero-order chi connectivity index (χ0) is 8.10. The molecule has 62 valence electrons. The number of aryl methyl sites for hydroxylation is 1. The van der Waals surface area contributed by atoms with E-state index in [1.807, 2.05) is 22.6 Å². The Kier molecular flexibility index (Phi) is 4.29. The molecule has 11 heavy (non-hydrogen) atoms. The molecule has 0 amide bonds. The fourth-order valence-corrected chi connectivity index (χ4v) is 1.70. The minimum Gasteiger partial charge on any atom is -0.272 e. The number of thioether (sulfide) groups is 1. The third kappa shape index (κ3) is 3.46. The van der Waals surface area contributed by atoms with Crippen molar-refractivity contribution in [1.82, 2.24) is 9.78 Å². The molecule has 1 heterocycles. The molecule has 0 N–H and O–H groups in total. The quantitative estimate of drug-likeness (QED) is 0.622. The number of nitrogens with zero attached hydrogens (tertiary/aromatic N) is 2. The highest BCUT2D eigenvalue weighted by Crippen LogP contribution is 2.03. The van der Waals surface area contributed by atoms with Crippen LogP contribution >= 0.6 is 34.4 Å². The van der Waals surface area contributed by atoms with Crippen LogP contribution in [0.3, 0.4) is 0 Å². The summed E-state index contributed by atoms with van der Waals surface area (Å²) in [6.45, 7) is 1.05. The first-order valence-electron chi connectivity index (χ1n) is 3.50. The summed E-state index contributed by atoms with van der Waals surface area (Å²) in [6.07, 6.45) is 7.30. The van der Waals surface area contributed by atoms with Crippen LogP contribution in [0.5, 0.6) is 0 Å². The van der Waals surface area contributed by atoms with E-state index in [-0.39, 0.29) is 0 Å². The van der Waals surface area contributed by atoms with Gasteiger partial charge in [0.15, 0.2) is 0 Å². The number of hydrogen-bond donors (Lipinski definition) is 0. The second kappa shape index (κ2) is 5.03. The Morgan fingerprint density at radius 1 is 1.73 bits per heavy atom. The fourth-order valence-electron chi connectivity index (χ4n) is 0.832. The molecule has 1 aromatic heterocycles. The van der Waals surface area contributed by atoms with Gasteiger partial charge in [-0.15, -0.1) is 0 Å². The highest BCUT2D eigenvalue weighted by Gasteiger charge is 1.93. The zero-order valence-corrected chi connectivity index (χ0v) is 9.43. The summed E-state index contributed by atoms with van der Waals surface area (Å²) in [5.41, 5.74) is 0. The average molecular weight is 282 g/mol. The van der Waals surface area contributed by atoms with Crippen molar-refractivity contribution in [3.05, 3.63) is 16.0 Å². The number of rotatable bonds is 4. The molecule has 4 heteroatoms. The van der Waals surface area contributed by atoms with Crippen LogP contribution in [-0.4, -0.2) is 21.8 Å². The van der Waals surface area contributed by atoms with E-state index in [1.54, 1.807) is 0 Å². The van der Waals surface area contributed by atoms with Crippen LogP contribution in [0.25, 0.3) is 0 Å². The lowest BCUT2D eigenvalue weighted by molar-refractivity contribution is 0.606. The summed E-state index contributed by atoms with van der Waals surface area (Å²) < 4.78 is 3.21. The normalized spacial score (nSPS) is 10.4. The molecule has 0 fully saturated rings. The van der Waals surface area contributed by atoms with Crippen LogP contribution in [-0.2, 0) is 6.54 Å². The lowest BCUT2D eigenvalue weighted by Gasteiger charge is -1.97. The average Bonchev–Trinajstić information content (AvgIpc) is 2.37. The molecule has 0 bridgehead atoms. The van der Waals surface area contributed by atoms with Gasteiger partial charge in [0.25, 0.3) is 0 Å². The number of hydrogen-bond acceptors (Lipinski definition) is 2. The van der Waals surface area contributed by atoms with Gasteiger partial charge in [0.05, 0.1) is 9.77 Å². The Morgan fingerprint density at radius 2 is 2.55 bits per heavy atom. The van der Waals surface area contributed by atoms with E-state index in [4.69, 9.17) is 0 Å². The molecule has 0 saturated carbocycles. The molecule has 1 rings (SSSR count). The Bertz CT molecular complexity index is 212. The molecular formula is C7H11IN2S. The van der Waals surface area contributed by atoms with Gasteiger partial charge < -0.3 is 0 Å². The van der Waals surface area contributed by atoms with E-state index in [2.05, 4.69) is 40.1 Å². The predicted molar refractivity (Wildman–Crippen MR) is 57.9 cm³/mol. The van der Waals surface area contributed by atoms with Gasteiger partial charge in [0.2, 0.25) is 0 Å². The lowest BCUT2D eigenvalue weighted by Crippen LogP contribution is -1.98. The van der Waals surface area contributed by atoms with Crippen LogP contribution in [0.15, 0.2) is 12.4 Å². The smallest absolute Gasteiger partial charge is 0.0623 e. The fraction of sp³-hybridized carbons (Fsp3) is 0.571. The van der Waals surface area contributed by atoms with E-state index < -0.39 is 0 Å². The van der Waals surface area contributed by atoms with E-state index in [0.29, 0.717) is 0 Å². The second-order valence-corrected chi connectivity index (χ2v) is 4.50. The van der Waals surface area contributed by atoms with Crippen LogP contribution < -0.4 is 0 Å².